The monoisotopic (exact) mass is 361 g/mol. The van der Waals surface area contributed by atoms with Gasteiger partial charge in [-0.3, -0.25) is 4.79 Å². The second-order valence-electron chi connectivity index (χ2n) is 5.51. The van der Waals surface area contributed by atoms with Crippen LogP contribution >= 0.6 is 22.7 Å². The van der Waals surface area contributed by atoms with E-state index >= 15 is 0 Å². The number of aromatic nitrogens is 2. The van der Waals surface area contributed by atoms with E-state index in [2.05, 4.69) is 15.5 Å². The van der Waals surface area contributed by atoms with Gasteiger partial charge in [-0.15, -0.1) is 11.3 Å². The highest BCUT2D eigenvalue weighted by molar-refractivity contribution is 7.17. The van der Waals surface area contributed by atoms with Crippen molar-refractivity contribution < 1.29 is 14.1 Å². The molecule has 0 radical (unpaired) electrons. The molecule has 124 valence electrons. The number of anilines is 1. The van der Waals surface area contributed by atoms with E-state index in [9.17, 15) is 4.79 Å². The Bertz CT molecular complexity index is 867. The van der Waals surface area contributed by atoms with Crippen LogP contribution in [0.25, 0.3) is 11.5 Å². The topological polar surface area (TPSA) is 77.2 Å². The summed E-state index contributed by atoms with van der Waals surface area (Å²) in [7, 11) is 0. The Morgan fingerprint density at radius 3 is 3.12 bits per heavy atom. The molecule has 1 aliphatic rings. The normalized spacial score (nSPS) is 13.7. The third-order valence-corrected chi connectivity index (χ3v) is 5.61. The van der Waals surface area contributed by atoms with E-state index in [0.717, 1.165) is 33.0 Å². The van der Waals surface area contributed by atoms with E-state index in [1.165, 1.54) is 11.3 Å². The molecule has 3 aromatic heterocycles. The van der Waals surface area contributed by atoms with Gasteiger partial charge in [0.1, 0.15) is 5.00 Å². The number of ether oxygens (including phenoxy) is 1. The Morgan fingerprint density at radius 1 is 1.46 bits per heavy atom. The molecule has 1 N–H and O–H groups in total. The van der Waals surface area contributed by atoms with Gasteiger partial charge in [-0.25, -0.2) is 0 Å². The number of carbonyl (C=O) groups excluding carboxylic acids is 1. The van der Waals surface area contributed by atoms with Gasteiger partial charge in [-0.1, -0.05) is 5.16 Å². The maximum Gasteiger partial charge on any atom is 0.261 e. The minimum Gasteiger partial charge on any atom is -0.376 e. The molecule has 0 aliphatic carbocycles. The van der Waals surface area contributed by atoms with Crippen LogP contribution in [0.2, 0.25) is 0 Å². The van der Waals surface area contributed by atoms with Crippen molar-refractivity contribution in [1.82, 2.24) is 10.1 Å². The van der Waals surface area contributed by atoms with Gasteiger partial charge < -0.3 is 14.6 Å². The fourth-order valence-electron chi connectivity index (χ4n) is 2.69. The van der Waals surface area contributed by atoms with Gasteiger partial charge in [-0.05, 0) is 41.3 Å². The summed E-state index contributed by atoms with van der Waals surface area (Å²) < 4.78 is 10.9. The zero-order valence-corrected chi connectivity index (χ0v) is 14.6. The molecule has 24 heavy (non-hydrogen) atoms. The predicted octanol–water partition coefficient (Wildman–Crippen LogP) is 3.42. The lowest BCUT2D eigenvalue weighted by atomic mass is 10.1. The third kappa shape index (κ3) is 3.00. The molecule has 8 heteroatoms. The summed E-state index contributed by atoms with van der Waals surface area (Å²) >= 11 is 3.11. The van der Waals surface area contributed by atoms with Gasteiger partial charge in [0.25, 0.3) is 5.89 Å². The minimum atomic E-state index is -0.0506. The number of nitrogens with one attached hydrogen (secondary N) is 1. The SMILES string of the molecule is Cc1noc(-c2c(NC(=O)Cc3ccsc3)sc3c2CCOC3)n1. The number of aryl methyl sites for hydroxylation is 1. The number of fused-ring (bicyclic) bond motifs is 1. The molecule has 6 nitrogen and oxygen atoms in total. The minimum absolute atomic E-state index is 0.0506. The zero-order valence-electron chi connectivity index (χ0n) is 13.0. The van der Waals surface area contributed by atoms with Crippen molar-refractivity contribution in [2.24, 2.45) is 0 Å². The number of nitrogens with zero attached hydrogens (tertiary/aromatic N) is 2. The van der Waals surface area contributed by atoms with Crippen LogP contribution in [0.1, 0.15) is 21.8 Å². The van der Waals surface area contributed by atoms with E-state index < -0.39 is 0 Å². The second kappa shape index (κ2) is 6.46. The summed E-state index contributed by atoms with van der Waals surface area (Å²) in [6.07, 6.45) is 1.13. The van der Waals surface area contributed by atoms with E-state index in [1.807, 2.05) is 16.8 Å². The van der Waals surface area contributed by atoms with E-state index in [-0.39, 0.29) is 5.91 Å². The number of rotatable bonds is 4. The lowest BCUT2D eigenvalue weighted by molar-refractivity contribution is -0.115. The van der Waals surface area contributed by atoms with Crippen LogP contribution in [0.3, 0.4) is 0 Å². The molecule has 0 aromatic carbocycles. The molecule has 0 bridgehead atoms. The van der Waals surface area contributed by atoms with E-state index in [1.54, 1.807) is 18.3 Å². The number of carbonyl (C=O) groups is 1. The summed E-state index contributed by atoms with van der Waals surface area (Å²) in [5.74, 6) is 0.982. The van der Waals surface area contributed by atoms with E-state index in [4.69, 9.17) is 9.26 Å². The third-order valence-electron chi connectivity index (χ3n) is 3.76. The van der Waals surface area contributed by atoms with Gasteiger partial charge in [0.2, 0.25) is 5.91 Å². The summed E-state index contributed by atoms with van der Waals surface area (Å²) in [6, 6.07) is 1.96. The number of hydrogen-bond donors (Lipinski definition) is 1. The average molecular weight is 361 g/mol. The number of thiophene rings is 2. The Labute approximate surface area is 146 Å². The molecule has 1 amide bonds. The first-order chi connectivity index (χ1) is 11.7. The first-order valence-electron chi connectivity index (χ1n) is 7.54. The Balaban J connectivity index is 1.66. The molecular formula is C16H15N3O3S2. The average Bonchev–Trinajstić information content (AvgIpc) is 3.27. The van der Waals surface area contributed by atoms with Crippen LogP contribution < -0.4 is 5.32 Å². The van der Waals surface area contributed by atoms with Gasteiger partial charge in [0.15, 0.2) is 5.82 Å². The van der Waals surface area contributed by atoms with Crippen molar-refractivity contribution in [1.29, 1.82) is 0 Å². The number of amides is 1. The van der Waals surface area contributed by atoms with Gasteiger partial charge in [-0.2, -0.15) is 16.3 Å². The van der Waals surface area contributed by atoms with Gasteiger partial charge >= 0.3 is 0 Å². The smallest absolute Gasteiger partial charge is 0.261 e. The van der Waals surface area contributed by atoms with Crippen molar-refractivity contribution >= 4 is 33.6 Å². The zero-order chi connectivity index (χ0) is 16.5. The Hall–Kier alpha value is -2.03. The molecule has 0 atom stereocenters. The molecule has 4 rings (SSSR count). The van der Waals surface area contributed by atoms with Gasteiger partial charge in [0, 0.05) is 4.88 Å². The molecule has 4 heterocycles. The molecule has 0 saturated carbocycles. The Morgan fingerprint density at radius 2 is 2.38 bits per heavy atom. The second-order valence-corrected chi connectivity index (χ2v) is 7.40. The lowest BCUT2D eigenvalue weighted by Crippen LogP contribution is -2.14. The van der Waals surface area contributed by atoms with Crippen molar-refractivity contribution in [2.45, 2.75) is 26.4 Å². The summed E-state index contributed by atoms with van der Waals surface area (Å²) in [6.45, 7) is 3.00. The first kappa shape index (κ1) is 15.5. The van der Waals surface area contributed by atoms with Crippen LogP contribution in [0.4, 0.5) is 5.00 Å². The van der Waals surface area contributed by atoms with Gasteiger partial charge in [0.05, 0.1) is 25.2 Å². The molecule has 0 fully saturated rings. The Kier molecular flexibility index (Phi) is 4.17. The van der Waals surface area contributed by atoms with Crippen molar-refractivity contribution in [3.05, 3.63) is 38.7 Å². The molecule has 0 unspecified atom stereocenters. The first-order valence-corrected chi connectivity index (χ1v) is 9.30. The highest BCUT2D eigenvalue weighted by atomic mass is 32.1. The van der Waals surface area contributed by atoms with Crippen molar-refractivity contribution in [3.8, 4) is 11.5 Å². The standard InChI is InChI=1S/C16H15N3O3S2/c1-9-17-15(22-19-9)14-11-2-4-21-7-12(11)24-16(14)18-13(20)6-10-3-5-23-8-10/h3,5,8H,2,4,6-7H2,1H3,(H,18,20). The largest absolute Gasteiger partial charge is 0.376 e. The maximum absolute atomic E-state index is 12.4. The van der Waals surface area contributed by atoms with Crippen LogP contribution in [0, 0.1) is 6.92 Å². The van der Waals surface area contributed by atoms with E-state index in [0.29, 0.717) is 31.3 Å². The fourth-order valence-corrected chi connectivity index (χ4v) is 4.56. The molecule has 3 aromatic rings. The molecule has 0 saturated heterocycles. The quantitative estimate of drug-likeness (QED) is 0.770. The van der Waals surface area contributed by atoms with Crippen LogP contribution in [0.15, 0.2) is 21.3 Å². The summed E-state index contributed by atoms with van der Waals surface area (Å²) in [5, 5.41) is 11.6. The summed E-state index contributed by atoms with van der Waals surface area (Å²) in [5.41, 5.74) is 3.00. The van der Waals surface area contributed by atoms with Crippen molar-refractivity contribution in [2.75, 3.05) is 11.9 Å². The predicted molar refractivity (Wildman–Crippen MR) is 92.4 cm³/mol. The fraction of sp³-hybridized carbons (Fsp3) is 0.312. The summed E-state index contributed by atoms with van der Waals surface area (Å²) in [4.78, 5) is 17.8. The van der Waals surface area contributed by atoms with Crippen molar-refractivity contribution in [3.63, 3.8) is 0 Å². The molecule has 0 spiro atoms. The number of hydrogen-bond acceptors (Lipinski definition) is 7. The highest BCUT2D eigenvalue weighted by Gasteiger charge is 2.26. The lowest BCUT2D eigenvalue weighted by Gasteiger charge is -2.12. The maximum atomic E-state index is 12.4. The molecular weight excluding hydrogens is 346 g/mol. The highest BCUT2D eigenvalue weighted by Crippen LogP contribution is 2.42. The van der Waals surface area contributed by atoms with Crippen LogP contribution in [0.5, 0.6) is 0 Å². The van der Waals surface area contributed by atoms with Crippen LogP contribution in [-0.2, 0) is 29.0 Å². The molecule has 1 aliphatic heterocycles. The van der Waals surface area contributed by atoms with Crippen LogP contribution in [-0.4, -0.2) is 22.7 Å².